The van der Waals surface area contributed by atoms with Crippen LogP contribution in [0.25, 0.3) is 0 Å². The number of rotatable bonds is 5. The lowest BCUT2D eigenvalue weighted by molar-refractivity contribution is 0.0928. The van der Waals surface area contributed by atoms with Gasteiger partial charge >= 0.3 is 0 Å². The Balaban J connectivity index is 1.97. The fraction of sp³-hybridized carbons (Fsp3) is 0.250. The Morgan fingerprint density at radius 2 is 2.23 bits per heavy atom. The topological polar surface area (TPSA) is 51.2 Å². The molecule has 0 spiro atoms. The average molecular weight is 323 g/mol. The minimum atomic E-state index is -0.645. The van der Waals surface area contributed by atoms with Crippen molar-refractivity contribution in [3.63, 3.8) is 0 Å². The molecule has 0 aliphatic rings. The maximum Gasteiger partial charge on any atom is 0.255 e. The first kappa shape index (κ1) is 16.2. The van der Waals surface area contributed by atoms with E-state index in [-0.39, 0.29) is 23.2 Å². The molecule has 1 amide bonds. The lowest BCUT2D eigenvalue weighted by atomic mass is 10.1. The minimum absolute atomic E-state index is 0.123. The summed E-state index contributed by atoms with van der Waals surface area (Å²) < 4.78 is 19.3. The number of aromatic nitrogens is 1. The number of ether oxygens (including phenoxy) is 1. The summed E-state index contributed by atoms with van der Waals surface area (Å²) in [6.45, 7) is 3.73. The van der Waals surface area contributed by atoms with Crippen molar-refractivity contribution in [3.05, 3.63) is 58.6 Å². The van der Waals surface area contributed by atoms with Gasteiger partial charge in [0.2, 0.25) is 0 Å². The first-order chi connectivity index (χ1) is 10.5. The van der Waals surface area contributed by atoms with Crippen LogP contribution < -0.4 is 10.1 Å². The monoisotopic (exact) mass is 322 g/mol. The molecule has 0 radical (unpaired) electrons. The first-order valence-electron chi connectivity index (χ1n) is 6.78. The van der Waals surface area contributed by atoms with Gasteiger partial charge in [-0.05, 0) is 37.6 Å². The summed E-state index contributed by atoms with van der Waals surface area (Å²) in [5.74, 6) is -0.606. The zero-order valence-electron chi connectivity index (χ0n) is 12.3. The normalized spacial score (nSPS) is 11.8. The molecule has 0 fully saturated rings. The fourth-order valence-corrected chi connectivity index (χ4v) is 2.12. The molecule has 0 saturated heterocycles. The van der Waals surface area contributed by atoms with Gasteiger partial charge in [-0.1, -0.05) is 17.7 Å². The summed E-state index contributed by atoms with van der Waals surface area (Å²) in [7, 11) is 0. The number of hydrogen-bond donors (Lipinski definition) is 1. The number of nitrogens with one attached hydrogen (secondary N) is 1. The number of halogens is 2. The van der Waals surface area contributed by atoms with Crippen molar-refractivity contribution in [1.82, 2.24) is 10.3 Å². The molecule has 1 heterocycles. The van der Waals surface area contributed by atoms with E-state index in [0.717, 1.165) is 0 Å². The van der Waals surface area contributed by atoms with Gasteiger partial charge in [0.1, 0.15) is 17.7 Å². The predicted octanol–water partition coefficient (Wildman–Crippen LogP) is 3.38. The van der Waals surface area contributed by atoms with Gasteiger partial charge in [-0.25, -0.2) is 4.39 Å². The molecule has 0 aliphatic carbocycles. The van der Waals surface area contributed by atoms with Crippen molar-refractivity contribution in [2.75, 3.05) is 6.54 Å². The van der Waals surface area contributed by atoms with Crippen LogP contribution in [0.2, 0.25) is 5.02 Å². The Bertz CT molecular complexity index is 665. The largest absolute Gasteiger partial charge is 0.487 e. The third-order valence-electron chi connectivity index (χ3n) is 3.03. The van der Waals surface area contributed by atoms with Crippen LogP contribution in [0.1, 0.15) is 22.8 Å². The molecule has 2 rings (SSSR count). The maximum absolute atomic E-state index is 13.8. The van der Waals surface area contributed by atoms with Crippen LogP contribution >= 0.6 is 11.6 Å². The Labute approximate surface area is 133 Å². The predicted molar refractivity (Wildman–Crippen MR) is 82.8 cm³/mol. The highest BCUT2D eigenvalue weighted by molar-refractivity contribution is 6.34. The molecule has 0 aliphatic heterocycles. The Hall–Kier alpha value is -2.14. The zero-order chi connectivity index (χ0) is 16.1. The van der Waals surface area contributed by atoms with Gasteiger partial charge < -0.3 is 10.1 Å². The molecule has 1 unspecified atom stereocenters. The molecule has 0 bridgehead atoms. The van der Waals surface area contributed by atoms with E-state index in [1.807, 2.05) is 0 Å². The van der Waals surface area contributed by atoms with Gasteiger partial charge in [-0.15, -0.1) is 0 Å². The summed E-state index contributed by atoms with van der Waals surface area (Å²) in [5.41, 5.74) is 0.503. The van der Waals surface area contributed by atoms with Crippen LogP contribution in [0.15, 0.2) is 36.7 Å². The van der Waals surface area contributed by atoms with Crippen molar-refractivity contribution in [3.8, 4) is 5.75 Å². The summed E-state index contributed by atoms with van der Waals surface area (Å²) in [6, 6.07) is 6.28. The van der Waals surface area contributed by atoms with E-state index in [9.17, 15) is 9.18 Å². The smallest absolute Gasteiger partial charge is 0.255 e. The lowest BCUT2D eigenvalue weighted by Crippen LogP contribution is -2.34. The molecule has 1 N–H and O–H groups in total. The third kappa shape index (κ3) is 3.95. The molecular formula is C16H16ClFN2O2. The van der Waals surface area contributed by atoms with Crippen LogP contribution in [-0.2, 0) is 0 Å². The van der Waals surface area contributed by atoms with Gasteiger partial charge in [0.25, 0.3) is 5.91 Å². The summed E-state index contributed by atoms with van der Waals surface area (Å²) in [5, 5.41) is 2.74. The van der Waals surface area contributed by atoms with Crippen LogP contribution in [-0.4, -0.2) is 23.5 Å². The highest BCUT2D eigenvalue weighted by Crippen LogP contribution is 2.23. The van der Waals surface area contributed by atoms with Gasteiger partial charge in [0, 0.05) is 6.20 Å². The van der Waals surface area contributed by atoms with Crippen LogP contribution in [0.4, 0.5) is 4.39 Å². The minimum Gasteiger partial charge on any atom is -0.487 e. The molecule has 1 aromatic heterocycles. The second-order valence-corrected chi connectivity index (χ2v) is 5.26. The van der Waals surface area contributed by atoms with Crippen molar-refractivity contribution in [2.45, 2.75) is 20.0 Å². The van der Waals surface area contributed by atoms with Gasteiger partial charge in [0.05, 0.1) is 23.3 Å². The first-order valence-corrected chi connectivity index (χ1v) is 7.16. The molecule has 1 aromatic carbocycles. The lowest BCUT2D eigenvalue weighted by Gasteiger charge is -2.16. The average Bonchev–Trinajstić information content (AvgIpc) is 2.50. The molecule has 116 valence electrons. The Morgan fingerprint density at radius 1 is 1.45 bits per heavy atom. The van der Waals surface area contributed by atoms with Crippen molar-refractivity contribution < 1.29 is 13.9 Å². The number of carbonyl (C=O) groups is 1. The van der Waals surface area contributed by atoms with E-state index < -0.39 is 11.7 Å². The van der Waals surface area contributed by atoms with Crippen LogP contribution in [0.3, 0.4) is 0 Å². The summed E-state index contributed by atoms with van der Waals surface area (Å²) in [4.78, 5) is 16.0. The molecule has 2 aromatic rings. The molecule has 1 atom stereocenters. The van der Waals surface area contributed by atoms with Crippen LogP contribution in [0.5, 0.6) is 5.75 Å². The fourth-order valence-electron chi connectivity index (χ4n) is 1.88. The SMILES string of the molecule is Cc1ccc(F)c(C(=O)NCC(C)Oc2cccnc2)c1Cl. The van der Waals surface area contributed by atoms with E-state index in [1.165, 1.54) is 12.1 Å². The van der Waals surface area contributed by atoms with E-state index in [0.29, 0.717) is 11.3 Å². The highest BCUT2D eigenvalue weighted by atomic mass is 35.5. The molecule has 22 heavy (non-hydrogen) atoms. The molecule has 0 saturated carbocycles. The number of carbonyl (C=O) groups excluding carboxylic acids is 1. The van der Waals surface area contributed by atoms with Gasteiger partial charge in [-0.3, -0.25) is 9.78 Å². The second-order valence-electron chi connectivity index (χ2n) is 4.88. The Kier molecular flexibility index (Phi) is 5.33. The molecular weight excluding hydrogens is 307 g/mol. The van der Waals surface area contributed by atoms with Gasteiger partial charge in [0.15, 0.2) is 0 Å². The molecule has 6 heteroatoms. The number of benzene rings is 1. The number of aryl methyl sites for hydroxylation is 1. The van der Waals surface area contributed by atoms with Gasteiger partial charge in [-0.2, -0.15) is 0 Å². The number of nitrogens with zero attached hydrogens (tertiary/aromatic N) is 1. The number of amides is 1. The third-order valence-corrected chi connectivity index (χ3v) is 3.52. The second kappa shape index (κ2) is 7.22. The van der Waals surface area contributed by atoms with Crippen molar-refractivity contribution in [2.24, 2.45) is 0 Å². The summed E-state index contributed by atoms with van der Waals surface area (Å²) >= 11 is 6.00. The Morgan fingerprint density at radius 3 is 2.91 bits per heavy atom. The quantitative estimate of drug-likeness (QED) is 0.918. The number of hydrogen-bond acceptors (Lipinski definition) is 3. The van der Waals surface area contributed by atoms with Crippen LogP contribution in [0, 0.1) is 12.7 Å². The van der Waals surface area contributed by atoms with Crippen molar-refractivity contribution >= 4 is 17.5 Å². The molecule has 4 nitrogen and oxygen atoms in total. The number of pyridine rings is 1. The zero-order valence-corrected chi connectivity index (χ0v) is 13.0. The van der Waals surface area contributed by atoms with E-state index in [2.05, 4.69) is 10.3 Å². The highest BCUT2D eigenvalue weighted by Gasteiger charge is 2.18. The van der Waals surface area contributed by atoms with E-state index in [4.69, 9.17) is 16.3 Å². The van der Waals surface area contributed by atoms with E-state index >= 15 is 0 Å². The van der Waals surface area contributed by atoms with Crippen molar-refractivity contribution in [1.29, 1.82) is 0 Å². The van der Waals surface area contributed by atoms with E-state index in [1.54, 1.807) is 38.4 Å². The standard InChI is InChI=1S/C16H16ClFN2O2/c1-10-5-6-13(18)14(15(10)17)16(21)20-8-11(2)22-12-4-3-7-19-9-12/h3-7,9,11H,8H2,1-2H3,(H,20,21). The maximum atomic E-state index is 13.8. The summed E-state index contributed by atoms with van der Waals surface area (Å²) in [6.07, 6.45) is 2.93.